The number of nitrogens with zero attached hydrogens (tertiary/aromatic N) is 3. The molecule has 2 aromatic heterocycles. The van der Waals surface area contributed by atoms with Crippen LogP contribution in [-0.2, 0) is 19.5 Å². The number of thiazole rings is 1. The van der Waals surface area contributed by atoms with Gasteiger partial charge in [-0.1, -0.05) is 30.3 Å². The van der Waals surface area contributed by atoms with E-state index in [1.807, 2.05) is 24.4 Å². The summed E-state index contributed by atoms with van der Waals surface area (Å²) < 4.78 is 0. The topological polar surface area (TPSA) is 87.9 Å². The van der Waals surface area contributed by atoms with E-state index in [2.05, 4.69) is 32.0 Å². The molecule has 122 valence electrons. The lowest BCUT2D eigenvalue weighted by molar-refractivity contribution is 0.244. The number of rotatable bonds is 3. The summed E-state index contributed by atoms with van der Waals surface area (Å²) in [4.78, 5) is 26.8. The second-order valence-corrected chi connectivity index (χ2v) is 6.95. The average Bonchev–Trinajstić information content (AvgIpc) is 3.05. The van der Waals surface area contributed by atoms with E-state index >= 15 is 0 Å². The van der Waals surface area contributed by atoms with Crippen LogP contribution in [-0.4, -0.2) is 26.4 Å². The predicted octanol–water partition coefficient (Wildman–Crippen LogP) is 2.03. The molecule has 1 aliphatic heterocycles. The predicted molar refractivity (Wildman–Crippen MR) is 94.6 cm³/mol. The lowest BCUT2D eigenvalue weighted by Crippen LogP contribution is -2.35. The Morgan fingerprint density at radius 3 is 2.96 bits per heavy atom. The lowest BCUT2D eigenvalue weighted by Gasteiger charge is -2.26. The molecule has 0 saturated carbocycles. The summed E-state index contributed by atoms with van der Waals surface area (Å²) >= 11 is 1.69. The van der Waals surface area contributed by atoms with Gasteiger partial charge in [0.05, 0.1) is 11.3 Å². The van der Waals surface area contributed by atoms with Crippen LogP contribution in [0.3, 0.4) is 0 Å². The molecule has 0 amide bonds. The lowest BCUT2D eigenvalue weighted by atomic mass is 10.1. The number of H-pyrrole nitrogens is 1. The molecule has 0 radical (unpaired) electrons. The quantitative estimate of drug-likeness (QED) is 0.762. The molecule has 0 aliphatic carbocycles. The third-order valence-electron chi connectivity index (χ3n) is 4.12. The molecular formula is C17H17N5OS. The van der Waals surface area contributed by atoms with Crippen LogP contribution in [0.25, 0.3) is 10.6 Å². The average molecular weight is 339 g/mol. The van der Waals surface area contributed by atoms with Crippen LogP contribution in [0, 0.1) is 0 Å². The number of benzene rings is 1. The van der Waals surface area contributed by atoms with E-state index in [9.17, 15) is 4.79 Å². The first-order chi connectivity index (χ1) is 11.7. The number of hydrogen-bond donors (Lipinski definition) is 2. The Bertz CT molecular complexity index is 918. The smallest absolute Gasteiger partial charge is 0.257 e. The first-order valence-electron chi connectivity index (χ1n) is 7.79. The standard InChI is InChI=1S/C17H17N5OS/c18-17-20-14-6-7-22(10-13(14)15(23)21-17)9-12-8-19-16(24-12)11-4-2-1-3-5-11/h1-5,8H,6-7,9-10H2,(H3,18,20,21,23). The number of nitrogen functional groups attached to an aromatic ring is 1. The fourth-order valence-corrected chi connectivity index (χ4v) is 3.91. The van der Waals surface area contributed by atoms with Crippen LogP contribution < -0.4 is 11.3 Å². The van der Waals surface area contributed by atoms with Crippen LogP contribution in [0.2, 0.25) is 0 Å². The van der Waals surface area contributed by atoms with Crippen molar-refractivity contribution >= 4 is 17.3 Å². The van der Waals surface area contributed by atoms with Crippen molar-refractivity contribution in [3.05, 3.63) is 63.0 Å². The fourth-order valence-electron chi connectivity index (χ4n) is 2.95. The Morgan fingerprint density at radius 1 is 1.29 bits per heavy atom. The molecule has 1 aromatic carbocycles. The summed E-state index contributed by atoms with van der Waals surface area (Å²) in [5, 5.41) is 1.02. The molecule has 0 saturated heterocycles. The maximum Gasteiger partial charge on any atom is 0.257 e. The van der Waals surface area contributed by atoms with Gasteiger partial charge < -0.3 is 5.73 Å². The van der Waals surface area contributed by atoms with Gasteiger partial charge in [-0.15, -0.1) is 11.3 Å². The van der Waals surface area contributed by atoms with Gasteiger partial charge in [0.25, 0.3) is 5.56 Å². The molecule has 0 atom stereocenters. The first-order valence-corrected chi connectivity index (χ1v) is 8.61. The highest BCUT2D eigenvalue weighted by Crippen LogP contribution is 2.26. The Kier molecular flexibility index (Phi) is 3.87. The number of nitrogens with two attached hydrogens (primary N) is 1. The van der Waals surface area contributed by atoms with E-state index < -0.39 is 0 Å². The van der Waals surface area contributed by atoms with E-state index in [0.29, 0.717) is 6.54 Å². The number of aromatic amines is 1. The molecule has 0 spiro atoms. The number of aromatic nitrogens is 3. The van der Waals surface area contributed by atoms with Crippen molar-refractivity contribution in [1.29, 1.82) is 0 Å². The zero-order chi connectivity index (χ0) is 16.5. The molecule has 0 bridgehead atoms. The van der Waals surface area contributed by atoms with E-state index in [-0.39, 0.29) is 11.5 Å². The minimum absolute atomic E-state index is 0.128. The van der Waals surface area contributed by atoms with Gasteiger partial charge in [-0.05, 0) is 0 Å². The van der Waals surface area contributed by atoms with Gasteiger partial charge >= 0.3 is 0 Å². The van der Waals surface area contributed by atoms with Gasteiger partial charge in [0, 0.05) is 42.7 Å². The molecule has 3 heterocycles. The van der Waals surface area contributed by atoms with Gasteiger partial charge in [0.1, 0.15) is 5.01 Å². The van der Waals surface area contributed by atoms with Gasteiger partial charge in [0.15, 0.2) is 0 Å². The first kappa shape index (κ1) is 15.0. The summed E-state index contributed by atoms with van der Waals surface area (Å²) in [6.07, 6.45) is 2.67. The van der Waals surface area contributed by atoms with E-state index in [1.165, 1.54) is 4.88 Å². The van der Waals surface area contributed by atoms with Crippen molar-refractivity contribution in [2.45, 2.75) is 19.5 Å². The maximum atomic E-state index is 12.1. The van der Waals surface area contributed by atoms with E-state index in [0.717, 1.165) is 41.3 Å². The van der Waals surface area contributed by atoms with Crippen molar-refractivity contribution in [2.75, 3.05) is 12.3 Å². The molecule has 7 heteroatoms. The summed E-state index contributed by atoms with van der Waals surface area (Å²) in [5.41, 5.74) is 8.16. The van der Waals surface area contributed by atoms with E-state index in [1.54, 1.807) is 11.3 Å². The molecule has 3 aromatic rings. The number of fused-ring (bicyclic) bond motifs is 1. The Balaban J connectivity index is 1.51. The highest BCUT2D eigenvalue weighted by Gasteiger charge is 2.21. The monoisotopic (exact) mass is 339 g/mol. The second kappa shape index (κ2) is 6.18. The summed E-state index contributed by atoms with van der Waals surface area (Å²) in [7, 11) is 0. The molecule has 6 nitrogen and oxygen atoms in total. The van der Waals surface area contributed by atoms with Crippen LogP contribution >= 0.6 is 11.3 Å². The fraction of sp³-hybridized carbons (Fsp3) is 0.235. The third kappa shape index (κ3) is 2.95. The molecule has 1 aliphatic rings. The summed E-state index contributed by atoms with van der Waals surface area (Å²) in [6.45, 7) is 2.24. The highest BCUT2D eigenvalue weighted by atomic mass is 32.1. The molecule has 4 rings (SSSR count). The van der Waals surface area contributed by atoms with Crippen LogP contribution in [0.5, 0.6) is 0 Å². The Labute approximate surface area is 143 Å². The maximum absolute atomic E-state index is 12.1. The minimum Gasteiger partial charge on any atom is -0.369 e. The number of hydrogen-bond acceptors (Lipinski definition) is 6. The van der Waals surface area contributed by atoms with Crippen molar-refractivity contribution in [3.63, 3.8) is 0 Å². The minimum atomic E-state index is -0.128. The SMILES string of the molecule is Nc1nc2c(c(=O)[nH]1)CN(Cc1cnc(-c3ccccc3)s1)CC2. The highest BCUT2D eigenvalue weighted by molar-refractivity contribution is 7.15. The van der Waals surface area contributed by atoms with Crippen molar-refractivity contribution in [2.24, 2.45) is 0 Å². The number of anilines is 1. The summed E-state index contributed by atoms with van der Waals surface area (Å²) in [6, 6.07) is 10.2. The summed E-state index contributed by atoms with van der Waals surface area (Å²) in [5.74, 6) is 0.196. The van der Waals surface area contributed by atoms with Crippen molar-refractivity contribution < 1.29 is 0 Å². The molecule has 3 N–H and O–H groups in total. The Morgan fingerprint density at radius 2 is 2.12 bits per heavy atom. The van der Waals surface area contributed by atoms with Gasteiger partial charge in [-0.3, -0.25) is 14.7 Å². The largest absolute Gasteiger partial charge is 0.369 e. The van der Waals surface area contributed by atoms with Crippen LogP contribution in [0.1, 0.15) is 16.1 Å². The van der Waals surface area contributed by atoms with Crippen LogP contribution in [0.4, 0.5) is 5.95 Å². The number of nitrogens with one attached hydrogen (secondary N) is 1. The molecule has 0 unspecified atom stereocenters. The zero-order valence-electron chi connectivity index (χ0n) is 13.0. The van der Waals surface area contributed by atoms with Gasteiger partial charge in [-0.25, -0.2) is 9.97 Å². The van der Waals surface area contributed by atoms with Gasteiger partial charge in [-0.2, -0.15) is 0 Å². The zero-order valence-corrected chi connectivity index (χ0v) is 13.8. The normalized spacial score (nSPS) is 14.5. The van der Waals surface area contributed by atoms with Crippen LogP contribution in [0.15, 0.2) is 41.3 Å². The molecular weight excluding hydrogens is 322 g/mol. The molecule has 24 heavy (non-hydrogen) atoms. The van der Waals surface area contributed by atoms with Crippen molar-refractivity contribution in [3.8, 4) is 10.6 Å². The third-order valence-corrected chi connectivity index (χ3v) is 5.15. The van der Waals surface area contributed by atoms with Crippen molar-refractivity contribution in [1.82, 2.24) is 19.9 Å². The Hall–Kier alpha value is -2.51. The van der Waals surface area contributed by atoms with E-state index in [4.69, 9.17) is 5.73 Å². The molecule has 0 fully saturated rings. The van der Waals surface area contributed by atoms with Gasteiger partial charge in [0.2, 0.25) is 5.95 Å². The second-order valence-electron chi connectivity index (χ2n) is 5.83.